The van der Waals surface area contributed by atoms with Crippen molar-refractivity contribution in [3.63, 3.8) is 0 Å². The van der Waals surface area contributed by atoms with Crippen LogP contribution in [0.5, 0.6) is 5.75 Å². The van der Waals surface area contributed by atoms with E-state index in [0.717, 1.165) is 16.9 Å². The highest BCUT2D eigenvalue weighted by Crippen LogP contribution is 2.15. The number of hydroxylamine groups is 2. The van der Waals surface area contributed by atoms with E-state index < -0.39 is 0 Å². The van der Waals surface area contributed by atoms with Crippen molar-refractivity contribution in [3.8, 4) is 5.75 Å². The van der Waals surface area contributed by atoms with Crippen molar-refractivity contribution in [1.82, 2.24) is 5.06 Å². The second-order valence-corrected chi connectivity index (χ2v) is 4.99. The van der Waals surface area contributed by atoms with Crippen LogP contribution in [0.3, 0.4) is 0 Å². The number of aryl methyl sites for hydroxylation is 1. The van der Waals surface area contributed by atoms with E-state index >= 15 is 0 Å². The molecule has 1 amide bonds. The Balaban J connectivity index is 1.81. The lowest BCUT2D eigenvalue weighted by Gasteiger charge is -2.13. The standard InChI is InChI=1S/C18H21NO3/c1-19(21-2)18(20)13-10-15-8-11-17(12-9-15)22-14-16-6-4-3-5-7-16/h3-9,11-12H,10,13-14H2,1-2H3. The third kappa shape index (κ3) is 4.90. The summed E-state index contributed by atoms with van der Waals surface area (Å²) in [5.74, 6) is 0.792. The summed E-state index contributed by atoms with van der Waals surface area (Å²) in [7, 11) is 3.10. The van der Waals surface area contributed by atoms with Crippen molar-refractivity contribution in [1.29, 1.82) is 0 Å². The number of nitrogens with zero attached hydrogens (tertiary/aromatic N) is 1. The molecule has 4 nitrogen and oxygen atoms in total. The van der Waals surface area contributed by atoms with Crippen LogP contribution in [0.25, 0.3) is 0 Å². The third-order valence-corrected chi connectivity index (χ3v) is 3.42. The van der Waals surface area contributed by atoms with Crippen molar-refractivity contribution in [2.24, 2.45) is 0 Å². The van der Waals surface area contributed by atoms with Gasteiger partial charge in [0.05, 0.1) is 7.11 Å². The van der Waals surface area contributed by atoms with Crippen molar-refractivity contribution in [2.75, 3.05) is 14.2 Å². The van der Waals surface area contributed by atoms with Crippen molar-refractivity contribution in [2.45, 2.75) is 19.4 Å². The highest BCUT2D eigenvalue weighted by atomic mass is 16.7. The summed E-state index contributed by atoms with van der Waals surface area (Å²) >= 11 is 0. The molecule has 0 unspecified atom stereocenters. The van der Waals surface area contributed by atoms with E-state index in [9.17, 15) is 4.79 Å². The number of carbonyl (C=O) groups is 1. The minimum absolute atomic E-state index is 0.0353. The van der Waals surface area contributed by atoms with E-state index in [-0.39, 0.29) is 5.91 Å². The first kappa shape index (κ1) is 16.0. The fourth-order valence-corrected chi connectivity index (χ4v) is 2.00. The zero-order chi connectivity index (χ0) is 15.8. The van der Waals surface area contributed by atoms with Crippen LogP contribution < -0.4 is 4.74 Å². The second kappa shape index (κ2) is 8.20. The number of carbonyl (C=O) groups excluding carboxylic acids is 1. The fraction of sp³-hybridized carbons (Fsp3) is 0.278. The quantitative estimate of drug-likeness (QED) is 0.737. The minimum Gasteiger partial charge on any atom is -0.489 e. The summed E-state index contributed by atoms with van der Waals surface area (Å²) in [5.41, 5.74) is 2.24. The van der Waals surface area contributed by atoms with E-state index in [0.29, 0.717) is 19.4 Å². The van der Waals surface area contributed by atoms with Crippen LogP contribution in [0.1, 0.15) is 17.5 Å². The summed E-state index contributed by atoms with van der Waals surface area (Å²) in [6.45, 7) is 0.553. The minimum atomic E-state index is -0.0353. The Hall–Kier alpha value is -2.33. The highest BCUT2D eigenvalue weighted by molar-refractivity contribution is 5.75. The number of benzene rings is 2. The van der Waals surface area contributed by atoms with Crippen LogP contribution in [0, 0.1) is 0 Å². The molecule has 2 aromatic rings. The van der Waals surface area contributed by atoms with Crippen LogP contribution in [-0.4, -0.2) is 25.1 Å². The summed E-state index contributed by atoms with van der Waals surface area (Å²) in [5, 5.41) is 1.25. The Morgan fingerprint density at radius 1 is 1.00 bits per heavy atom. The van der Waals surface area contributed by atoms with Gasteiger partial charge in [0, 0.05) is 13.5 Å². The molecule has 0 saturated heterocycles. The van der Waals surface area contributed by atoms with Crippen molar-refractivity contribution < 1.29 is 14.4 Å². The van der Waals surface area contributed by atoms with Gasteiger partial charge in [-0.05, 0) is 29.7 Å². The second-order valence-electron chi connectivity index (χ2n) is 4.99. The number of hydrogen-bond acceptors (Lipinski definition) is 3. The molecule has 0 radical (unpaired) electrons. The molecule has 0 bridgehead atoms. The van der Waals surface area contributed by atoms with Crippen LogP contribution in [0.4, 0.5) is 0 Å². The number of rotatable bonds is 7. The molecule has 0 N–H and O–H groups in total. The van der Waals surface area contributed by atoms with E-state index in [2.05, 4.69) is 0 Å². The van der Waals surface area contributed by atoms with Crippen molar-refractivity contribution >= 4 is 5.91 Å². The molecule has 0 spiro atoms. The first-order chi connectivity index (χ1) is 10.7. The molecule has 0 aliphatic rings. The predicted molar refractivity (Wildman–Crippen MR) is 85.3 cm³/mol. The topological polar surface area (TPSA) is 38.8 Å². The average molecular weight is 299 g/mol. The van der Waals surface area contributed by atoms with Crippen LogP contribution in [-0.2, 0) is 22.7 Å². The number of ether oxygens (including phenoxy) is 1. The van der Waals surface area contributed by atoms with Crippen molar-refractivity contribution in [3.05, 3.63) is 65.7 Å². The van der Waals surface area contributed by atoms with E-state index in [1.54, 1.807) is 7.05 Å². The molecule has 0 fully saturated rings. The smallest absolute Gasteiger partial charge is 0.246 e. The highest BCUT2D eigenvalue weighted by Gasteiger charge is 2.07. The largest absolute Gasteiger partial charge is 0.489 e. The molecule has 116 valence electrons. The predicted octanol–water partition coefficient (Wildman–Crippen LogP) is 3.22. The molecule has 0 atom stereocenters. The third-order valence-electron chi connectivity index (χ3n) is 3.42. The van der Waals surface area contributed by atoms with Crippen LogP contribution >= 0.6 is 0 Å². The van der Waals surface area contributed by atoms with Gasteiger partial charge in [-0.3, -0.25) is 9.63 Å². The summed E-state index contributed by atoms with van der Waals surface area (Å²) in [6.07, 6.45) is 1.11. The van der Waals surface area contributed by atoms with Gasteiger partial charge in [-0.2, -0.15) is 0 Å². The van der Waals surface area contributed by atoms with Gasteiger partial charge in [-0.25, -0.2) is 5.06 Å². The maximum atomic E-state index is 11.6. The molecule has 2 rings (SSSR count). The normalized spacial score (nSPS) is 10.3. The SMILES string of the molecule is CON(C)C(=O)CCc1ccc(OCc2ccccc2)cc1. The lowest BCUT2D eigenvalue weighted by Crippen LogP contribution is -2.25. The van der Waals surface area contributed by atoms with E-state index in [4.69, 9.17) is 9.57 Å². The zero-order valence-electron chi connectivity index (χ0n) is 13.0. The molecule has 0 aromatic heterocycles. The maximum absolute atomic E-state index is 11.6. The molecule has 0 aliphatic carbocycles. The Kier molecular flexibility index (Phi) is 5.98. The Morgan fingerprint density at radius 2 is 1.68 bits per heavy atom. The van der Waals surface area contributed by atoms with Crippen LogP contribution in [0.15, 0.2) is 54.6 Å². The Labute approximate surface area is 131 Å². The van der Waals surface area contributed by atoms with E-state index in [1.807, 2.05) is 54.6 Å². The first-order valence-corrected chi connectivity index (χ1v) is 7.25. The molecule has 4 heteroatoms. The van der Waals surface area contributed by atoms with Gasteiger partial charge in [0.25, 0.3) is 0 Å². The molecule has 0 aliphatic heterocycles. The number of hydrogen-bond donors (Lipinski definition) is 0. The summed E-state index contributed by atoms with van der Waals surface area (Å²) in [4.78, 5) is 16.5. The molecular weight excluding hydrogens is 278 g/mol. The summed E-state index contributed by atoms with van der Waals surface area (Å²) in [6, 6.07) is 17.9. The van der Waals surface area contributed by atoms with Gasteiger partial charge in [0.2, 0.25) is 5.91 Å². The number of amides is 1. The van der Waals surface area contributed by atoms with Gasteiger partial charge >= 0.3 is 0 Å². The zero-order valence-corrected chi connectivity index (χ0v) is 13.0. The molecular formula is C18H21NO3. The van der Waals surface area contributed by atoms with Crippen LogP contribution in [0.2, 0.25) is 0 Å². The maximum Gasteiger partial charge on any atom is 0.246 e. The molecule has 0 saturated carbocycles. The fourth-order valence-electron chi connectivity index (χ4n) is 2.00. The lowest BCUT2D eigenvalue weighted by atomic mass is 10.1. The van der Waals surface area contributed by atoms with Gasteiger partial charge in [-0.15, -0.1) is 0 Å². The molecule has 22 heavy (non-hydrogen) atoms. The average Bonchev–Trinajstić information content (AvgIpc) is 2.59. The monoisotopic (exact) mass is 299 g/mol. The van der Waals surface area contributed by atoms with Gasteiger partial charge in [-0.1, -0.05) is 42.5 Å². The van der Waals surface area contributed by atoms with Gasteiger partial charge in [0.1, 0.15) is 12.4 Å². The molecule has 2 aromatic carbocycles. The van der Waals surface area contributed by atoms with E-state index in [1.165, 1.54) is 12.2 Å². The van der Waals surface area contributed by atoms with Gasteiger partial charge in [0.15, 0.2) is 0 Å². The molecule has 0 heterocycles. The first-order valence-electron chi connectivity index (χ1n) is 7.25. The lowest BCUT2D eigenvalue weighted by molar-refractivity contribution is -0.168. The van der Waals surface area contributed by atoms with Gasteiger partial charge < -0.3 is 4.74 Å². The Bertz CT molecular complexity index is 581. The Morgan fingerprint density at radius 3 is 2.32 bits per heavy atom. The summed E-state index contributed by atoms with van der Waals surface area (Å²) < 4.78 is 5.73.